The monoisotopic (exact) mass is 238 g/mol. The van der Waals surface area contributed by atoms with Crippen LogP contribution in [-0.2, 0) is 13.1 Å². The van der Waals surface area contributed by atoms with E-state index < -0.39 is 0 Å². The average Bonchev–Trinajstić information content (AvgIpc) is 2.78. The van der Waals surface area contributed by atoms with Gasteiger partial charge in [-0.3, -0.25) is 0 Å². The van der Waals surface area contributed by atoms with Gasteiger partial charge in [0.2, 0.25) is 0 Å². The van der Waals surface area contributed by atoms with Crippen LogP contribution < -0.4 is 5.73 Å². The van der Waals surface area contributed by atoms with Crippen LogP contribution in [0, 0.1) is 0 Å². The first-order valence-corrected chi connectivity index (χ1v) is 5.91. The van der Waals surface area contributed by atoms with Gasteiger partial charge in [-0.05, 0) is 17.7 Å². The normalized spacial score (nSPS) is 10.9. The van der Waals surface area contributed by atoms with Crippen molar-refractivity contribution < 1.29 is 0 Å². The Morgan fingerprint density at radius 2 is 1.83 bits per heavy atom. The molecule has 0 amide bonds. The van der Waals surface area contributed by atoms with Crippen molar-refractivity contribution in [2.45, 2.75) is 13.1 Å². The van der Waals surface area contributed by atoms with Gasteiger partial charge in [0.1, 0.15) is 5.82 Å². The number of fused-ring (bicyclic) bond motifs is 1. The molecule has 0 bridgehead atoms. The van der Waals surface area contributed by atoms with Crippen molar-refractivity contribution in [2.75, 3.05) is 0 Å². The van der Waals surface area contributed by atoms with Gasteiger partial charge in [0, 0.05) is 36.0 Å². The Bertz CT molecular complexity index is 658. The lowest BCUT2D eigenvalue weighted by molar-refractivity contribution is 0.767. The molecule has 0 aliphatic heterocycles. The molecule has 90 valence electrons. The van der Waals surface area contributed by atoms with Crippen LogP contribution in [0.25, 0.3) is 10.9 Å². The first kappa shape index (κ1) is 10.9. The summed E-state index contributed by atoms with van der Waals surface area (Å²) in [6, 6.07) is 10.1. The number of aromatic nitrogens is 3. The van der Waals surface area contributed by atoms with E-state index in [1.807, 2.05) is 18.2 Å². The van der Waals surface area contributed by atoms with Crippen LogP contribution in [0.4, 0.5) is 0 Å². The fourth-order valence-electron chi connectivity index (χ4n) is 2.18. The predicted octanol–water partition coefficient (Wildman–Crippen LogP) is 1.94. The minimum Gasteiger partial charge on any atom is -0.339 e. The number of benzene rings is 1. The zero-order chi connectivity index (χ0) is 12.4. The first-order valence-electron chi connectivity index (χ1n) is 5.91. The molecule has 18 heavy (non-hydrogen) atoms. The quantitative estimate of drug-likeness (QED) is 0.758. The van der Waals surface area contributed by atoms with Crippen LogP contribution >= 0.6 is 0 Å². The van der Waals surface area contributed by atoms with Crippen molar-refractivity contribution in [3.05, 3.63) is 60.3 Å². The number of rotatable bonds is 3. The molecule has 0 atom stereocenters. The maximum Gasteiger partial charge on any atom is 0.147 e. The molecule has 2 aromatic heterocycles. The molecular weight excluding hydrogens is 224 g/mol. The Hall–Kier alpha value is -2.20. The zero-order valence-electron chi connectivity index (χ0n) is 9.95. The van der Waals surface area contributed by atoms with E-state index in [9.17, 15) is 0 Å². The SMILES string of the molecule is NCc1cn(Cc2ncccn2)c2ccccc12. The van der Waals surface area contributed by atoms with Gasteiger partial charge in [0.05, 0.1) is 6.54 Å². The fourth-order valence-corrected chi connectivity index (χ4v) is 2.18. The van der Waals surface area contributed by atoms with Crippen molar-refractivity contribution >= 4 is 10.9 Å². The summed E-state index contributed by atoms with van der Waals surface area (Å²) in [6.45, 7) is 1.21. The van der Waals surface area contributed by atoms with Gasteiger partial charge in [-0.15, -0.1) is 0 Å². The van der Waals surface area contributed by atoms with E-state index in [1.165, 1.54) is 10.9 Å². The van der Waals surface area contributed by atoms with Crippen molar-refractivity contribution in [1.82, 2.24) is 14.5 Å². The molecule has 3 aromatic rings. The molecule has 0 saturated heterocycles. The number of para-hydroxylation sites is 1. The molecule has 0 aliphatic rings. The maximum absolute atomic E-state index is 5.78. The number of nitrogens with zero attached hydrogens (tertiary/aromatic N) is 3. The topological polar surface area (TPSA) is 56.7 Å². The lowest BCUT2D eigenvalue weighted by Gasteiger charge is -2.03. The summed E-state index contributed by atoms with van der Waals surface area (Å²) in [4.78, 5) is 8.51. The molecule has 0 saturated carbocycles. The standard InChI is InChI=1S/C14H14N4/c15-8-11-9-18(10-14-16-6-3-7-17-14)13-5-2-1-4-12(11)13/h1-7,9H,8,10,15H2. The highest BCUT2D eigenvalue weighted by Crippen LogP contribution is 2.21. The molecule has 2 heterocycles. The highest BCUT2D eigenvalue weighted by molar-refractivity contribution is 5.83. The van der Waals surface area contributed by atoms with E-state index in [-0.39, 0.29) is 0 Å². The molecular formula is C14H14N4. The van der Waals surface area contributed by atoms with Crippen molar-refractivity contribution in [1.29, 1.82) is 0 Å². The third-order valence-electron chi connectivity index (χ3n) is 3.02. The van der Waals surface area contributed by atoms with Crippen LogP contribution in [0.15, 0.2) is 48.9 Å². The van der Waals surface area contributed by atoms with Crippen molar-refractivity contribution in [3.8, 4) is 0 Å². The van der Waals surface area contributed by atoms with E-state index in [2.05, 4.69) is 32.9 Å². The van der Waals surface area contributed by atoms with Gasteiger partial charge < -0.3 is 10.3 Å². The molecule has 0 aliphatic carbocycles. The van der Waals surface area contributed by atoms with Gasteiger partial charge in [0.15, 0.2) is 0 Å². The molecule has 1 aromatic carbocycles. The Morgan fingerprint density at radius 1 is 1.06 bits per heavy atom. The summed E-state index contributed by atoms with van der Waals surface area (Å²) in [6.07, 6.45) is 5.61. The lowest BCUT2D eigenvalue weighted by Crippen LogP contribution is -2.02. The Balaban J connectivity index is 2.07. The average molecular weight is 238 g/mol. The second-order valence-electron chi connectivity index (χ2n) is 4.17. The van der Waals surface area contributed by atoms with E-state index in [4.69, 9.17) is 5.73 Å². The number of hydrogen-bond acceptors (Lipinski definition) is 3. The molecule has 0 fully saturated rings. The third-order valence-corrected chi connectivity index (χ3v) is 3.02. The Kier molecular flexibility index (Phi) is 2.78. The summed E-state index contributed by atoms with van der Waals surface area (Å²) < 4.78 is 2.15. The summed E-state index contributed by atoms with van der Waals surface area (Å²) in [5.41, 5.74) is 8.10. The smallest absolute Gasteiger partial charge is 0.147 e. The van der Waals surface area contributed by atoms with Crippen LogP contribution in [0.3, 0.4) is 0 Å². The minimum absolute atomic E-state index is 0.545. The minimum atomic E-state index is 0.545. The molecule has 4 heteroatoms. The van der Waals surface area contributed by atoms with Crippen LogP contribution in [0.5, 0.6) is 0 Å². The highest BCUT2D eigenvalue weighted by atomic mass is 15.0. The Morgan fingerprint density at radius 3 is 2.61 bits per heavy atom. The second kappa shape index (κ2) is 4.58. The van der Waals surface area contributed by atoms with Gasteiger partial charge >= 0.3 is 0 Å². The molecule has 3 rings (SSSR count). The third kappa shape index (κ3) is 1.87. The first-order chi connectivity index (χ1) is 8.88. The predicted molar refractivity (Wildman–Crippen MR) is 71.0 cm³/mol. The van der Waals surface area contributed by atoms with E-state index >= 15 is 0 Å². The highest BCUT2D eigenvalue weighted by Gasteiger charge is 2.07. The number of hydrogen-bond donors (Lipinski definition) is 1. The van der Waals surface area contributed by atoms with Crippen LogP contribution in [-0.4, -0.2) is 14.5 Å². The maximum atomic E-state index is 5.78. The van der Waals surface area contributed by atoms with Gasteiger partial charge in [0.25, 0.3) is 0 Å². The molecule has 0 radical (unpaired) electrons. The lowest BCUT2D eigenvalue weighted by atomic mass is 10.2. The van der Waals surface area contributed by atoms with Gasteiger partial charge in [-0.25, -0.2) is 9.97 Å². The summed E-state index contributed by atoms with van der Waals surface area (Å²) in [7, 11) is 0. The van der Waals surface area contributed by atoms with E-state index in [0.717, 1.165) is 11.4 Å². The van der Waals surface area contributed by atoms with Crippen LogP contribution in [0.2, 0.25) is 0 Å². The molecule has 4 nitrogen and oxygen atoms in total. The molecule has 2 N–H and O–H groups in total. The van der Waals surface area contributed by atoms with Gasteiger partial charge in [-0.2, -0.15) is 0 Å². The van der Waals surface area contributed by atoms with Gasteiger partial charge in [-0.1, -0.05) is 18.2 Å². The van der Waals surface area contributed by atoms with Crippen LogP contribution in [0.1, 0.15) is 11.4 Å². The summed E-state index contributed by atoms with van der Waals surface area (Å²) in [5.74, 6) is 0.807. The van der Waals surface area contributed by atoms with E-state index in [1.54, 1.807) is 12.4 Å². The molecule has 0 spiro atoms. The number of nitrogens with two attached hydrogens (primary N) is 1. The summed E-state index contributed by atoms with van der Waals surface area (Å²) in [5, 5.41) is 1.20. The van der Waals surface area contributed by atoms with Crippen molar-refractivity contribution in [3.63, 3.8) is 0 Å². The Labute approximate surface area is 105 Å². The second-order valence-corrected chi connectivity index (χ2v) is 4.17. The molecule has 0 unspecified atom stereocenters. The summed E-state index contributed by atoms with van der Waals surface area (Å²) >= 11 is 0. The van der Waals surface area contributed by atoms with E-state index in [0.29, 0.717) is 13.1 Å². The van der Waals surface area contributed by atoms with Crippen molar-refractivity contribution in [2.24, 2.45) is 5.73 Å². The largest absolute Gasteiger partial charge is 0.339 e. The zero-order valence-corrected chi connectivity index (χ0v) is 9.95. The fraction of sp³-hybridized carbons (Fsp3) is 0.143.